The fourth-order valence-electron chi connectivity index (χ4n) is 3.61. The third-order valence-corrected chi connectivity index (χ3v) is 6.79. The molecule has 0 unspecified atom stereocenters. The molecule has 0 aliphatic carbocycles. The lowest BCUT2D eigenvalue weighted by molar-refractivity contribution is 0.1000. The summed E-state index contributed by atoms with van der Waals surface area (Å²) in [5.74, 6) is 0.00150. The van der Waals surface area contributed by atoms with Crippen LogP contribution in [0.3, 0.4) is 0 Å². The van der Waals surface area contributed by atoms with Crippen molar-refractivity contribution in [1.29, 1.82) is 0 Å². The zero-order chi connectivity index (χ0) is 23.0. The molecule has 0 spiro atoms. The van der Waals surface area contributed by atoms with E-state index in [1.165, 1.54) is 30.3 Å². The molecule has 0 bridgehead atoms. The Balaban J connectivity index is 1.80. The first-order chi connectivity index (χ1) is 15.2. The van der Waals surface area contributed by atoms with Crippen molar-refractivity contribution in [3.8, 4) is 16.9 Å². The second-order valence-electron chi connectivity index (χ2n) is 7.19. The number of rotatable bonds is 6. The fraction of sp³-hybridized carbons (Fsp3) is 0.0870. The van der Waals surface area contributed by atoms with Crippen LogP contribution in [-0.4, -0.2) is 31.2 Å². The van der Waals surface area contributed by atoms with E-state index in [1.54, 1.807) is 19.2 Å². The number of fused-ring (bicyclic) bond motifs is 1. The maximum atomic E-state index is 12.9. The zero-order valence-electron chi connectivity index (χ0n) is 17.4. The van der Waals surface area contributed by atoms with E-state index >= 15 is 0 Å². The number of ether oxygens (including phenoxy) is 1. The van der Waals surface area contributed by atoms with Gasteiger partial charge in [-0.3, -0.25) is 10.0 Å². The molecule has 0 aliphatic rings. The number of methoxy groups -OCH3 is 1. The first-order valence-electron chi connectivity index (χ1n) is 9.60. The molecule has 1 amide bonds. The van der Waals surface area contributed by atoms with Gasteiger partial charge in [0.2, 0.25) is 5.91 Å². The number of sulfonamides is 1. The third-order valence-electron chi connectivity index (χ3n) is 5.26. The Morgan fingerprint density at radius 2 is 1.72 bits per heavy atom. The molecule has 4 aromatic rings. The number of anilines is 1. The van der Waals surface area contributed by atoms with Crippen LogP contribution in [0, 0.1) is 0 Å². The van der Waals surface area contributed by atoms with Gasteiger partial charge in [-0.05, 0) is 48.5 Å². The molecule has 0 saturated heterocycles. The number of carbonyl (C=O) groups excluding carboxylic acids is 1. The first kappa shape index (κ1) is 21.4. The maximum Gasteiger partial charge on any atom is 0.286 e. The van der Waals surface area contributed by atoms with Crippen molar-refractivity contribution in [1.82, 2.24) is 4.57 Å². The summed E-state index contributed by atoms with van der Waals surface area (Å²) in [5.41, 5.74) is 7.96. The molecule has 0 radical (unpaired) electrons. The number of hydrogen-bond acceptors (Lipinski definition) is 5. The molecule has 3 aromatic carbocycles. The van der Waals surface area contributed by atoms with Crippen LogP contribution in [-0.2, 0) is 17.1 Å². The summed E-state index contributed by atoms with van der Waals surface area (Å²) in [6, 6.07) is 17.4. The number of primary amides is 1. The summed E-state index contributed by atoms with van der Waals surface area (Å²) < 4.78 is 33.5. The van der Waals surface area contributed by atoms with Gasteiger partial charge in [-0.15, -0.1) is 4.47 Å². The highest BCUT2D eigenvalue weighted by Gasteiger charge is 2.25. The molecular weight excluding hydrogens is 430 g/mol. The topological polar surface area (TPSA) is 115 Å². The second kappa shape index (κ2) is 8.03. The molecule has 3 N–H and O–H groups in total. The fourth-order valence-corrected chi connectivity index (χ4v) is 4.68. The second-order valence-corrected chi connectivity index (χ2v) is 8.96. The molecule has 0 aliphatic heterocycles. The average molecular weight is 452 g/mol. The number of hydrogen-bond donors (Lipinski definition) is 2. The molecule has 1 heterocycles. The van der Waals surface area contributed by atoms with Crippen LogP contribution < -0.4 is 14.9 Å². The van der Waals surface area contributed by atoms with Gasteiger partial charge in [0.1, 0.15) is 5.75 Å². The first-order valence-corrected chi connectivity index (χ1v) is 11.0. The molecule has 0 saturated carbocycles. The number of aromatic nitrogens is 1. The molecule has 0 fully saturated rings. The van der Waals surface area contributed by atoms with Crippen LogP contribution in [0.15, 0.2) is 77.8 Å². The summed E-state index contributed by atoms with van der Waals surface area (Å²) in [5, 5.41) is 11.4. The van der Waals surface area contributed by atoms with Crippen molar-refractivity contribution in [2.24, 2.45) is 12.8 Å². The van der Waals surface area contributed by atoms with Crippen molar-refractivity contribution in [3.05, 3.63) is 78.5 Å². The highest BCUT2D eigenvalue weighted by Crippen LogP contribution is 2.38. The molecule has 32 heavy (non-hydrogen) atoms. The lowest BCUT2D eigenvalue weighted by Crippen LogP contribution is -2.27. The van der Waals surface area contributed by atoms with Gasteiger partial charge in [-0.25, -0.2) is 0 Å². The Bertz CT molecular complexity index is 1430. The van der Waals surface area contributed by atoms with Crippen LogP contribution >= 0.6 is 0 Å². The van der Waals surface area contributed by atoms with Crippen molar-refractivity contribution in [2.45, 2.75) is 4.90 Å². The quantitative estimate of drug-likeness (QED) is 0.435. The number of carbonyl (C=O) groups is 1. The molecule has 1 aromatic heterocycles. The third kappa shape index (κ3) is 3.57. The van der Waals surface area contributed by atoms with E-state index in [1.807, 2.05) is 42.1 Å². The standard InChI is InChI=1S/C23H21N3O5S/c1-25-14-20(18-5-3-4-6-22(18)31-2)19-13-16(9-12-21(19)25)26(28)32(29,30)17-10-7-15(8-11-17)23(24)27/h3-14,28H,1-2H3,(H2,24,27). The van der Waals surface area contributed by atoms with Gasteiger partial charge in [-0.1, -0.05) is 18.2 Å². The Labute approximate surface area is 185 Å². The number of nitrogens with two attached hydrogens (primary N) is 1. The van der Waals surface area contributed by atoms with E-state index < -0.39 is 15.9 Å². The van der Waals surface area contributed by atoms with Crippen molar-refractivity contribution < 1.29 is 23.2 Å². The van der Waals surface area contributed by atoms with Crippen molar-refractivity contribution >= 4 is 32.5 Å². The van der Waals surface area contributed by atoms with E-state index in [0.717, 1.165) is 22.0 Å². The molecule has 9 heteroatoms. The Kier molecular flexibility index (Phi) is 5.37. The van der Waals surface area contributed by atoms with Crippen LogP contribution in [0.4, 0.5) is 5.69 Å². The maximum absolute atomic E-state index is 12.9. The predicted molar refractivity (Wildman–Crippen MR) is 121 cm³/mol. The minimum absolute atomic E-state index is 0.0684. The molecule has 164 valence electrons. The van der Waals surface area contributed by atoms with E-state index in [2.05, 4.69) is 0 Å². The number of para-hydroxylation sites is 1. The van der Waals surface area contributed by atoms with E-state index in [-0.39, 0.29) is 20.6 Å². The SMILES string of the molecule is COc1ccccc1-c1cn(C)c2ccc(N(O)S(=O)(=O)c3ccc(C(N)=O)cc3)cc12. The van der Waals surface area contributed by atoms with E-state index in [9.17, 15) is 18.4 Å². The van der Waals surface area contributed by atoms with Gasteiger partial charge in [0.15, 0.2) is 0 Å². The summed E-state index contributed by atoms with van der Waals surface area (Å²) in [6.45, 7) is 0. The van der Waals surface area contributed by atoms with Gasteiger partial charge in [0.05, 0.1) is 17.7 Å². The number of amides is 1. The van der Waals surface area contributed by atoms with Crippen LogP contribution in [0.1, 0.15) is 10.4 Å². The summed E-state index contributed by atoms with van der Waals surface area (Å²) >= 11 is 0. The van der Waals surface area contributed by atoms with Crippen molar-refractivity contribution in [3.63, 3.8) is 0 Å². The van der Waals surface area contributed by atoms with Gasteiger partial charge in [-0.2, -0.15) is 8.42 Å². The highest BCUT2D eigenvalue weighted by atomic mass is 32.2. The Morgan fingerprint density at radius 1 is 1.03 bits per heavy atom. The van der Waals surface area contributed by atoms with Crippen molar-refractivity contribution in [2.75, 3.05) is 11.6 Å². The number of aryl methyl sites for hydroxylation is 1. The lowest BCUT2D eigenvalue weighted by atomic mass is 10.0. The number of nitrogens with zero attached hydrogens (tertiary/aromatic N) is 2. The van der Waals surface area contributed by atoms with Gasteiger partial charge < -0.3 is 15.0 Å². The van der Waals surface area contributed by atoms with Crippen LogP contribution in [0.5, 0.6) is 5.75 Å². The average Bonchev–Trinajstić information content (AvgIpc) is 3.14. The monoisotopic (exact) mass is 451 g/mol. The normalized spacial score (nSPS) is 11.5. The Hall–Kier alpha value is -3.82. The summed E-state index contributed by atoms with van der Waals surface area (Å²) in [4.78, 5) is 11.1. The number of benzene rings is 3. The van der Waals surface area contributed by atoms with Gasteiger partial charge in [0, 0.05) is 40.8 Å². The predicted octanol–water partition coefficient (Wildman–Crippen LogP) is 3.54. The van der Waals surface area contributed by atoms with Crippen LogP contribution in [0.25, 0.3) is 22.0 Å². The molecule has 8 nitrogen and oxygen atoms in total. The van der Waals surface area contributed by atoms with E-state index in [4.69, 9.17) is 10.5 Å². The van der Waals surface area contributed by atoms with Gasteiger partial charge in [0.25, 0.3) is 10.0 Å². The minimum atomic E-state index is -4.28. The summed E-state index contributed by atoms with van der Waals surface area (Å²) in [7, 11) is -0.814. The summed E-state index contributed by atoms with van der Waals surface area (Å²) in [6.07, 6.45) is 1.92. The highest BCUT2D eigenvalue weighted by molar-refractivity contribution is 7.92. The smallest absolute Gasteiger partial charge is 0.286 e. The molecular formula is C23H21N3O5S. The minimum Gasteiger partial charge on any atom is -0.496 e. The Morgan fingerprint density at radius 3 is 2.38 bits per heavy atom. The zero-order valence-corrected chi connectivity index (χ0v) is 18.2. The van der Waals surface area contributed by atoms with Gasteiger partial charge >= 0.3 is 0 Å². The largest absolute Gasteiger partial charge is 0.496 e. The molecule has 0 atom stereocenters. The molecule has 4 rings (SSSR count). The van der Waals surface area contributed by atoms with E-state index in [0.29, 0.717) is 5.75 Å². The van der Waals surface area contributed by atoms with Crippen LogP contribution in [0.2, 0.25) is 0 Å². The lowest BCUT2D eigenvalue weighted by Gasteiger charge is -2.18.